The molecule has 3 N–H and O–H groups in total. The first-order valence-electron chi connectivity index (χ1n) is 4.89. The zero-order valence-electron chi connectivity index (χ0n) is 8.89. The van der Waals surface area contributed by atoms with Crippen LogP contribution in [0.3, 0.4) is 0 Å². The SMILES string of the molecule is O=C(CI)NC(Cc1ccc(O)cc1)C(=O)O. The number of carbonyl (C=O) groups is 2. The Hall–Kier alpha value is -1.31. The second kappa shape index (κ2) is 6.43. The number of halogens is 1. The highest BCUT2D eigenvalue weighted by atomic mass is 127. The van der Waals surface area contributed by atoms with Crippen molar-refractivity contribution in [3.8, 4) is 5.75 Å². The van der Waals surface area contributed by atoms with Crippen LogP contribution < -0.4 is 5.32 Å². The van der Waals surface area contributed by atoms with E-state index in [0.717, 1.165) is 5.56 Å². The molecule has 1 aromatic carbocycles. The zero-order chi connectivity index (χ0) is 12.8. The zero-order valence-corrected chi connectivity index (χ0v) is 11.0. The van der Waals surface area contributed by atoms with Gasteiger partial charge >= 0.3 is 5.97 Å². The Morgan fingerprint density at radius 2 is 1.88 bits per heavy atom. The first kappa shape index (κ1) is 13.8. The number of carbonyl (C=O) groups excluding carboxylic acids is 1. The molecule has 1 atom stereocenters. The number of hydrogen-bond donors (Lipinski definition) is 3. The van der Waals surface area contributed by atoms with E-state index in [1.54, 1.807) is 12.1 Å². The standard InChI is InChI=1S/C11H12INO4/c12-6-10(15)13-9(11(16)17)5-7-1-3-8(14)4-2-7/h1-4,9,14H,5-6H2,(H,13,15)(H,16,17). The number of benzene rings is 1. The van der Waals surface area contributed by atoms with Crippen molar-refractivity contribution in [2.75, 3.05) is 4.43 Å². The predicted octanol–water partition coefficient (Wildman–Crippen LogP) is 0.939. The van der Waals surface area contributed by atoms with E-state index in [1.807, 2.05) is 22.6 Å². The van der Waals surface area contributed by atoms with E-state index in [0.29, 0.717) is 0 Å². The summed E-state index contributed by atoms with van der Waals surface area (Å²) in [6.07, 6.45) is 0.192. The smallest absolute Gasteiger partial charge is 0.326 e. The van der Waals surface area contributed by atoms with Crippen molar-refractivity contribution in [1.82, 2.24) is 5.32 Å². The second-order valence-corrected chi connectivity index (χ2v) is 4.23. The van der Waals surface area contributed by atoms with Gasteiger partial charge in [0.2, 0.25) is 5.91 Å². The van der Waals surface area contributed by atoms with Crippen LogP contribution in [0.15, 0.2) is 24.3 Å². The molecule has 5 nitrogen and oxygen atoms in total. The van der Waals surface area contributed by atoms with Crippen molar-refractivity contribution in [2.24, 2.45) is 0 Å². The van der Waals surface area contributed by atoms with Crippen molar-refractivity contribution in [3.05, 3.63) is 29.8 Å². The number of carboxylic acids is 1. The molecule has 0 saturated carbocycles. The molecule has 0 bridgehead atoms. The molecule has 0 aliphatic carbocycles. The molecule has 6 heteroatoms. The number of aliphatic carboxylic acids is 1. The maximum atomic E-state index is 11.1. The van der Waals surface area contributed by atoms with Crippen molar-refractivity contribution in [1.29, 1.82) is 0 Å². The number of phenols is 1. The predicted molar refractivity (Wildman–Crippen MR) is 70.3 cm³/mol. The van der Waals surface area contributed by atoms with Crippen LogP contribution in [-0.4, -0.2) is 32.6 Å². The molecule has 17 heavy (non-hydrogen) atoms. The van der Waals surface area contributed by atoms with Gasteiger partial charge in [0, 0.05) is 6.42 Å². The molecule has 0 aromatic heterocycles. The maximum Gasteiger partial charge on any atom is 0.326 e. The summed E-state index contributed by atoms with van der Waals surface area (Å²) in [5.74, 6) is -1.26. The fourth-order valence-electron chi connectivity index (χ4n) is 1.30. The number of aromatic hydroxyl groups is 1. The number of amides is 1. The van der Waals surface area contributed by atoms with Gasteiger partial charge < -0.3 is 15.5 Å². The molecule has 1 amide bonds. The van der Waals surface area contributed by atoms with Gasteiger partial charge in [0.15, 0.2) is 0 Å². The summed E-state index contributed by atoms with van der Waals surface area (Å²) in [6, 6.07) is 5.27. The molecular formula is C11H12INO4. The van der Waals surface area contributed by atoms with Crippen LogP contribution in [0.25, 0.3) is 0 Å². The maximum absolute atomic E-state index is 11.1. The fourth-order valence-corrected chi connectivity index (χ4v) is 1.52. The fraction of sp³-hybridized carbons (Fsp3) is 0.273. The van der Waals surface area contributed by atoms with E-state index in [1.165, 1.54) is 12.1 Å². The molecule has 1 unspecified atom stereocenters. The number of hydrogen-bond acceptors (Lipinski definition) is 3. The summed E-state index contributed by atoms with van der Waals surface area (Å²) < 4.78 is 0.219. The largest absolute Gasteiger partial charge is 0.508 e. The summed E-state index contributed by atoms with van der Waals surface area (Å²) in [7, 11) is 0. The topological polar surface area (TPSA) is 86.6 Å². The Kier molecular flexibility index (Phi) is 5.20. The first-order valence-corrected chi connectivity index (χ1v) is 6.41. The minimum Gasteiger partial charge on any atom is -0.508 e. The van der Waals surface area contributed by atoms with Crippen LogP contribution in [0.1, 0.15) is 5.56 Å². The number of nitrogens with one attached hydrogen (secondary N) is 1. The molecule has 0 aliphatic rings. The summed E-state index contributed by atoms with van der Waals surface area (Å²) >= 11 is 1.87. The van der Waals surface area contributed by atoms with Crippen molar-refractivity contribution < 1.29 is 19.8 Å². The third kappa shape index (κ3) is 4.59. The monoisotopic (exact) mass is 349 g/mol. The molecule has 92 valence electrons. The Bertz CT molecular complexity index is 404. The normalized spacial score (nSPS) is 11.8. The Morgan fingerprint density at radius 1 is 1.29 bits per heavy atom. The molecule has 0 spiro atoms. The first-order chi connectivity index (χ1) is 8.02. The third-order valence-electron chi connectivity index (χ3n) is 2.13. The Labute approximate surface area is 112 Å². The minimum atomic E-state index is -1.07. The number of alkyl halides is 1. The van der Waals surface area contributed by atoms with Gasteiger partial charge in [-0.15, -0.1) is 0 Å². The van der Waals surface area contributed by atoms with Gasteiger partial charge in [-0.05, 0) is 17.7 Å². The molecule has 0 fully saturated rings. The lowest BCUT2D eigenvalue weighted by Crippen LogP contribution is -2.42. The number of phenolic OH excluding ortho intramolecular Hbond substituents is 1. The van der Waals surface area contributed by atoms with Crippen LogP contribution >= 0.6 is 22.6 Å². The lowest BCUT2D eigenvalue weighted by Gasteiger charge is -2.13. The van der Waals surface area contributed by atoms with Gasteiger partial charge in [-0.25, -0.2) is 4.79 Å². The number of carboxylic acid groups (broad SMARTS) is 1. The van der Waals surface area contributed by atoms with Crippen LogP contribution in [-0.2, 0) is 16.0 Å². The van der Waals surface area contributed by atoms with Crippen LogP contribution in [0, 0.1) is 0 Å². The van der Waals surface area contributed by atoms with E-state index in [4.69, 9.17) is 10.2 Å². The van der Waals surface area contributed by atoms with E-state index in [9.17, 15) is 9.59 Å². The third-order valence-corrected chi connectivity index (χ3v) is 2.82. The average molecular weight is 349 g/mol. The van der Waals surface area contributed by atoms with Gasteiger partial charge in [-0.1, -0.05) is 34.7 Å². The highest BCUT2D eigenvalue weighted by molar-refractivity contribution is 14.1. The molecule has 0 aliphatic heterocycles. The van der Waals surface area contributed by atoms with Crippen molar-refractivity contribution in [3.63, 3.8) is 0 Å². The Balaban J connectivity index is 2.70. The van der Waals surface area contributed by atoms with Gasteiger partial charge in [0.05, 0.1) is 4.43 Å². The van der Waals surface area contributed by atoms with Gasteiger partial charge in [-0.3, -0.25) is 4.79 Å². The van der Waals surface area contributed by atoms with Crippen LogP contribution in [0.4, 0.5) is 0 Å². The van der Waals surface area contributed by atoms with Crippen LogP contribution in [0.2, 0.25) is 0 Å². The van der Waals surface area contributed by atoms with E-state index < -0.39 is 12.0 Å². The number of rotatable bonds is 5. The van der Waals surface area contributed by atoms with Crippen LogP contribution in [0.5, 0.6) is 5.75 Å². The molecular weight excluding hydrogens is 337 g/mol. The summed E-state index contributed by atoms with van der Waals surface area (Å²) in [4.78, 5) is 22.1. The van der Waals surface area contributed by atoms with Crippen molar-refractivity contribution >= 4 is 34.5 Å². The average Bonchev–Trinajstić information content (AvgIpc) is 2.30. The lowest BCUT2D eigenvalue weighted by molar-refractivity contribution is -0.141. The van der Waals surface area contributed by atoms with Crippen molar-refractivity contribution in [2.45, 2.75) is 12.5 Å². The molecule has 1 aromatic rings. The molecule has 0 saturated heterocycles. The highest BCUT2D eigenvalue weighted by Gasteiger charge is 2.19. The summed E-state index contributed by atoms with van der Waals surface area (Å²) in [5.41, 5.74) is 0.740. The van der Waals surface area contributed by atoms with Gasteiger partial charge in [0.25, 0.3) is 0 Å². The molecule has 1 rings (SSSR count). The Morgan fingerprint density at radius 3 is 2.35 bits per heavy atom. The quantitative estimate of drug-likeness (QED) is 0.546. The molecule has 0 heterocycles. The minimum absolute atomic E-state index is 0.122. The summed E-state index contributed by atoms with van der Waals surface area (Å²) in [5, 5.41) is 20.5. The van der Waals surface area contributed by atoms with Gasteiger partial charge in [-0.2, -0.15) is 0 Å². The molecule has 0 radical (unpaired) electrons. The highest BCUT2D eigenvalue weighted by Crippen LogP contribution is 2.11. The summed E-state index contributed by atoms with van der Waals surface area (Å²) in [6.45, 7) is 0. The second-order valence-electron chi connectivity index (χ2n) is 3.46. The van der Waals surface area contributed by atoms with E-state index in [2.05, 4.69) is 5.32 Å². The van der Waals surface area contributed by atoms with E-state index in [-0.39, 0.29) is 22.5 Å². The van der Waals surface area contributed by atoms with E-state index >= 15 is 0 Å². The lowest BCUT2D eigenvalue weighted by atomic mass is 10.1. The van der Waals surface area contributed by atoms with Gasteiger partial charge in [0.1, 0.15) is 11.8 Å².